The largest absolute Gasteiger partial charge is 0.479 e. The molecule has 1 amide bonds. The van der Waals surface area contributed by atoms with Gasteiger partial charge in [-0.15, -0.1) is 0 Å². The van der Waals surface area contributed by atoms with Gasteiger partial charge in [0.1, 0.15) is 11.5 Å². The number of amides is 1. The first-order chi connectivity index (χ1) is 11.0. The number of carbonyl (C=O) groups excluding carboxylic acids is 1. The first kappa shape index (κ1) is 15.1. The smallest absolute Gasteiger partial charge is 0.371 e. The molecular weight excluding hydrogens is 298 g/mol. The van der Waals surface area contributed by atoms with Crippen LogP contribution in [-0.4, -0.2) is 23.1 Å². The third kappa shape index (κ3) is 2.79. The molecule has 0 saturated heterocycles. The lowest BCUT2D eigenvalue weighted by Crippen LogP contribution is -2.44. The Morgan fingerprint density at radius 3 is 2.74 bits per heavy atom. The predicted molar refractivity (Wildman–Crippen MR) is 82.8 cm³/mol. The Labute approximate surface area is 133 Å². The Kier molecular flexibility index (Phi) is 3.82. The molecule has 3 rings (SSSR count). The highest BCUT2D eigenvalue weighted by molar-refractivity contribution is 5.99. The van der Waals surface area contributed by atoms with E-state index >= 15 is 0 Å². The number of ether oxygens (including phenoxy) is 1. The van der Waals surface area contributed by atoms with Gasteiger partial charge >= 0.3 is 5.97 Å². The number of rotatable bonds is 4. The zero-order chi connectivity index (χ0) is 16.6. The van der Waals surface area contributed by atoms with Crippen LogP contribution in [0, 0.1) is 0 Å². The first-order valence-corrected chi connectivity index (χ1v) is 7.42. The third-order valence-corrected chi connectivity index (χ3v) is 3.83. The fourth-order valence-electron chi connectivity index (χ4n) is 2.57. The van der Waals surface area contributed by atoms with E-state index in [4.69, 9.17) is 14.3 Å². The van der Waals surface area contributed by atoms with Gasteiger partial charge in [-0.1, -0.05) is 13.0 Å². The van der Waals surface area contributed by atoms with Crippen molar-refractivity contribution in [1.29, 1.82) is 0 Å². The summed E-state index contributed by atoms with van der Waals surface area (Å²) in [5.41, 5.74) is 1.77. The third-order valence-electron chi connectivity index (χ3n) is 3.83. The summed E-state index contributed by atoms with van der Waals surface area (Å²) in [6.07, 6.45) is 0.248. The molecule has 1 aromatic heterocycles. The molecule has 1 aliphatic heterocycles. The second kappa shape index (κ2) is 5.79. The summed E-state index contributed by atoms with van der Waals surface area (Å²) in [6, 6.07) is 8.69. The zero-order valence-corrected chi connectivity index (χ0v) is 12.9. The maximum absolute atomic E-state index is 12.5. The van der Waals surface area contributed by atoms with E-state index < -0.39 is 12.1 Å². The van der Waals surface area contributed by atoms with Gasteiger partial charge in [0.05, 0.1) is 12.2 Å². The summed E-state index contributed by atoms with van der Waals surface area (Å²) in [7, 11) is 0. The van der Waals surface area contributed by atoms with E-state index in [0.717, 1.165) is 12.0 Å². The summed E-state index contributed by atoms with van der Waals surface area (Å²) in [5, 5.41) is 8.93. The number of aromatic carboxylic acids is 1. The summed E-state index contributed by atoms with van der Waals surface area (Å²) in [4.78, 5) is 25.0. The molecule has 6 heteroatoms. The number of anilines is 1. The highest BCUT2D eigenvalue weighted by atomic mass is 16.5. The van der Waals surface area contributed by atoms with Crippen LogP contribution in [0.3, 0.4) is 0 Å². The molecule has 1 unspecified atom stereocenters. The number of furan rings is 1. The van der Waals surface area contributed by atoms with Gasteiger partial charge in [-0.05, 0) is 43.2 Å². The van der Waals surface area contributed by atoms with Crippen molar-refractivity contribution in [3.05, 3.63) is 47.4 Å². The number of aryl methyl sites for hydroxylation is 1. The van der Waals surface area contributed by atoms with Crippen molar-refractivity contribution in [3.63, 3.8) is 0 Å². The van der Waals surface area contributed by atoms with Crippen molar-refractivity contribution in [2.75, 3.05) is 4.90 Å². The lowest BCUT2D eigenvalue weighted by Gasteiger charge is -2.32. The standard InChI is InChI=1S/C17H17NO5/c1-3-11-4-6-14-13(8-11)18(16(19)10(2)22-14)9-12-5-7-15(23-12)17(20)21/h4-8,10H,3,9H2,1-2H3,(H,20,21). The van der Waals surface area contributed by atoms with E-state index in [1.807, 2.05) is 25.1 Å². The van der Waals surface area contributed by atoms with Crippen LogP contribution in [0.25, 0.3) is 0 Å². The van der Waals surface area contributed by atoms with Crippen LogP contribution in [0.2, 0.25) is 0 Å². The fourth-order valence-corrected chi connectivity index (χ4v) is 2.57. The van der Waals surface area contributed by atoms with E-state index in [0.29, 0.717) is 17.2 Å². The van der Waals surface area contributed by atoms with Crippen LogP contribution in [0.5, 0.6) is 5.75 Å². The number of hydrogen-bond acceptors (Lipinski definition) is 4. The molecule has 23 heavy (non-hydrogen) atoms. The van der Waals surface area contributed by atoms with E-state index in [2.05, 4.69) is 0 Å². The van der Waals surface area contributed by atoms with Crippen LogP contribution >= 0.6 is 0 Å². The number of benzene rings is 1. The van der Waals surface area contributed by atoms with Crippen LogP contribution in [0.15, 0.2) is 34.7 Å². The zero-order valence-electron chi connectivity index (χ0n) is 12.9. The average molecular weight is 315 g/mol. The van der Waals surface area contributed by atoms with Gasteiger partial charge in [0.15, 0.2) is 6.10 Å². The van der Waals surface area contributed by atoms with Crippen molar-refractivity contribution < 1.29 is 23.8 Å². The molecule has 0 aliphatic carbocycles. The van der Waals surface area contributed by atoms with Gasteiger partial charge in [0, 0.05) is 0 Å². The Bertz CT molecular complexity index is 764. The van der Waals surface area contributed by atoms with Crippen molar-refractivity contribution in [2.24, 2.45) is 0 Å². The Morgan fingerprint density at radius 1 is 1.30 bits per heavy atom. The van der Waals surface area contributed by atoms with Crippen LogP contribution in [-0.2, 0) is 17.8 Å². The molecule has 1 aliphatic rings. The number of carbonyl (C=O) groups is 2. The molecule has 1 aromatic carbocycles. The van der Waals surface area contributed by atoms with Gasteiger partial charge < -0.3 is 14.3 Å². The van der Waals surface area contributed by atoms with Crippen molar-refractivity contribution >= 4 is 17.6 Å². The molecule has 0 radical (unpaired) electrons. The van der Waals surface area contributed by atoms with Gasteiger partial charge in [0.25, 0.3) is 5.91 Å². The Balaban J connectivity index is 1.96. The maximum atomic E-state index is 12.5. The minimum atomic E-state index is -1.13. The van der Waals surface area contributed by atoms with Gasteiger partial charge in [0.2, 0.25) is 5.76 Å². The Hall–Kier alpha value is -2.76. The lowest BCUT2D eigenvalue weighted by atomic mass is 10.1. The van der Waals surface area contributed by atoms with E-state index in [1.165, 1.54) is 6.07 Å². The highest BCUT2D eigenvalue weighted by Gasteiger charge is 2.32. The Morgan fingerprint density at radius 2 is 2.09 bits per heavy atom. The van der Waals surface area contributed by atoms with Crippen molar-refractivity contribution in [2.45, 2.75) is 32.9 Å². The summed E-state index contributed by atoms with van der Waals surface area (Å²) < 4.78 is 10.9. The van der Waals surface area contributed by atoms with Crippen molar-refractivity contribution in [1.82, 2.24) is 0 Å². The number of carboxylic acids is 1. The number of fused-ring (bicyclic) bond motifs is 1. The topological polar surface area (TPSA) is 80.0 Å². The second-order valence-electron chi connectivity index (χ2n) is 5.41. The summed E-state index contributed by atoms with van der Waals surface area (Å²) in [6.45, 7) is 3.89. The molecule has 6 nitrogen and oxygen atoms in total. The number of nitrogens with zero attached hydrogens (tertiary/aromatic N) is 1. The van der Waals surface area contributed by atoms with E-state index in [-0.39, 0.29) is 18.2 Å². The predicted octanol–water partition coefficient (Wildman–Crippen LogP) is 2.85. The van der Waals surface area contributed by atoms with Crippen molar-refractivity contribution in [3.8, 4) is 5.75 Å². The van der Waals surface area contributed by atoms with Crippen LogP contribution in [0.1, 0.15) is 35.7 Å². The normalized spacial score (nSPS) is 16.9. The van der Waals surface area contributed by atoms with Gasteiger partial charge in [-0.25, -0.2) is 4.79 Å². The fraction of sp³-hybridized carbons (Fsp3) is 0.294. The lowest BCUT2D eigenvalue weighted by molar-refractivity contribution is -0.125. The molecule has 0 bridgehead atoms. The minimum Gasteiger partial charge on any atom is -0.479 e. The number of carboxylic acid groups (broad SMARTS) is 1. The van der Waals surface area contributed by atoms with Gasteiger partial charge in [-0.3, -0.25) is 9.69 Å². The van der Waals surface area contributed by atoms with E-state index in [1.54, 1.807) is 17.9 Å². The van der Waals surface area contributed by atoms with Gasteiger partial charge in [-0.2, -0.15) is 0 Å². The second-order valence-corrected chi connectivity index (χ2v) is 5.41. The number of hydrogen-bond donors (Lipinski definition) is 1. The molecule has 1 N–H and O–H groups in total. The molecule has 120 valence electrons. The van der Waals surface area contributed by atoms with E-state index in [9.17, 15) is 9.59 Å². The molecule has 0 saturated carbocycles. The molecule has 0 fully saturated rings. The monoisotopic (exact) mass is 315 g/mol. The molecule has 2 aromatic rings. The molecule has 2 heterocycles. The first-order valence-electron chi connectivity index (χ1n) is 7.42. The van der Waals surface area contributed by atoms with Crippen LogP contribution in [0.4, 0.5) is 5.69 Å². The highest BCUT2D eigenvalue weighted by Crippen LogP contribution is 2.36. The van der Waals surface area contributed by atoms with Crippen LogP contribution < -0.4 is 9.64 Å². The minimum absolute atomic E-state index is 0.142. The summed E-state index contributed by atoms with van der Waals surface area (Å²) >= 11 is 0. The average Bonchev–Trinajstić information content (AvgIpc) is 3.00. The molecule has 1 atom stereocenters. The molecular formula is C17H17NO5. The quantitative estimate of drug-likeness (QED) is 0.938. The maximum Gasteiger partial charge on any atom is 0.371 e. The SMILES string of the molecule is CCc1ccc2c(c1)N(Cc1ccc(C(=O)O)o1)C(=O)C(C)O2. The molecule has 0 spiro atoms. The summed E-state index contributed by atoms with van der Waals surface area (Å²) in [5.74, 6) is -0.404.